The molecule has 106 valence electrons. The number of nitrogens with zero attached hydrogens (tertiary/aromatic N) is 2. The van der Waals surface area contributed by atoms with Crippen molar-refractivity contribution in [2.24, 2.45) is 0 Å². The molecule has 1 aromatic heterocycles. The molecule has 0 aliphatic heterocycles. The van der Waals surface area contributed by atoms with Crippen LogP contribution in [0.5, 0.6) is 0 Å². The topological polar surface area (TPSA) is 92.2 Å². The molecule has 0 bridgehead atoms. The van der Waals surface area contributed by atoms with Crippen LogP contribution >= 0.6 is 11.6 Å². The molecule has 0 saturated carbocycles. The second kappa shape index (κ2) is 6.62. The number of carboxylic acids is 1. The molecule has 0 aliphatic rings. The third-order valence-electron chi connectivity index (χ3n) is 2.43. The zero-order valence-corrected chi connectivity index (χ0v) is 11.4. The van der Waals surface area contributed by atoms with Crippen molar-refractivity contribution in [1.82, 2.24) is 10.2 Å². The predicted octanol–water partition coefficient (Wildman–Crippen LogP) is 2.48. The van der Waals surface area contributed by atoms with Crippen LogP contribution < -0.4 is 5.32 Å². The van der Waals surface area contributed by atoms with Crippen molar-refractivity contribution in [3.05, 3.63) is 58.9 Å². The van der Waals surface area contributed by atoms with E-state index in [9.17, 15) is 9.59 Å². The van der Waals surface area contributed by atoms with E-state index in [0.717, 1.165) is 6.08 Å². The number of aromatic nitrogens is 2. The van der Waals surface area contributed by atoms with E-state index in [1.807, 2.05) is 0 Å². The molecule has 0 radical (unpaired) electrons. The van der Waals surface area contributed by atoms with Gasteiger partial charge in [0.15, 0.2) is 10.8 Å². The van der Waals surface area contributed by atoms with Gasteiger partial charge in [-0.1, -0.05) is 23.7 Å². The Kier molecular flexibility index (Phi) is 4.63. The molecule has 1 amide bonds. The van der Waals surface area contributed by atoms with Crippen molar-refractivity contribution < 1.29 is 14.7 Å². The first-order chi connectivity index (χ1) is 10.0. The molecular weight excluding hydrogens is 294 g/mol. The second-order valence-electron chi connectivity index (χ2n) is 3.99. The van der Waals surface area contributed by atoms with Crippen LogP contribution in [-0.2, 0) is 4.79 Å². The maximum Gasteiger partial charge on any atom is 0.328 e. The number of hydrogen-bond donors (Lipinski definition) is 2. The van der Waals surface area contributed by atoms with Gasteiger partial charge in [0.1, 0.15) is 0 Å². The maximum absolute atomic E-state index is 11.9. The summed E-state index contributed by atoms with van der Waals surface area (Å²) in [6.07, 6.45) is 2.45. The second-order valence-corrected chi connectivity index (χ2v) is 4.38. The third-order valence-corrected chi connectivity index (χ3v) is 2.63. The van der Waals surface area contributed by atoms with Crippen molar-refractivity contribution in [2.45, 2.75) is 0 Å². The normalized spacial score (nSPS) is 10.5. The molecule has 0 unspecified atom stereocenters. The first-order valence-electron chi connectivity index (χ1n) is 5.86. The lowest BCUT2D eigenvalue weighted by Crippen LogP contribution is -2.14. The van der Waals surface area contributed by atoms with Gasteiger partial charge in [0.2, 0.25) is 0 Å². The fourth-order valence-corrected chi connectivity index (χ4v) is 1.62. The van der Waals surface area contributed by atoms with Crippen molar-refractivity contribution in [2.75, 3.05) is 5.32 Å². The molecule has 7 heteroatoms. The van der Waals surface area contributed by atoms with Gasteiger partial charge in [0, 0.05) is 11.8 Å². The average Bonchev–Trinajstić information content (AvgIpc) is 2.46. The number of carboxylic acid groups (broad SMARTS) is 1. The molecule has 21 heavy (non-hydrogen) atoms. The van der Waals surface area contributed by atoms with Crippen molar-refractivity contribution in [3.63, 3.8) is 0 Å². The number of rotatable bonds is 4. The van der Waals surface area contributed by atoms with E-state index < -0.39 is 11.9 Å². The van der Waals surface area contributed by atoms with Crippen LogP contribution in [0.3, 0.4) is 0 Å². The average molecular weight is 304 g/mol. The summed E-state index contributed by atoms with van der Waals surface area (Å²) in [6, 6.07) is 9.66. The Labute approximate surface area is 125 Å². The molecule has 0 fully saturated rings. The van der Waals surface area contributed by atoms with E-state index in [4.69, 9.17) is 16.7 Å². The van der Waals surface area contributed by atoms with Crippen LogP contribution in [0, 0.1) is 0 Å². The van der Waals surface area contributed by atoms with E-state index in [0.29, 0.717) is 11.3 Å². The minimum Gasteiger partial charge on any atom is -0.478 e. The molecule has 1 heterocycles. The van der Waals surface area contributed by atoms with Gasteiger partial charge in [-0.2, -0.15) is 0 Å². The Morgan fingerprint density at radius 2 is 2.00 bits per heavy atom. The summed E-state index contributed by atoms with van der Waals surface area (Å²) in [5.41, 5.74) is 1.30. The molecule has 1 aromatic carbocycles. The largest absolute Gasteiger partial charge is 0.478 e. The Balaban J connectivity index is 2.12. The summed E-state index contributed by atoms with van der Waals surface area (Å²) >= 11 is 5.60. The highest BCUT2D eigenvalue weighted by molar-refractivity contribution is 6.29. The number of carbonyl (C=O) groups is 2. The van der Waals surface area contributed by atoms with Crippen LogP contribution in [0.25, 0.3) is 6.08 Å². The summed E-state index contributed by atoms with van der Waals surface area (Å²) in [5, 5.41) is 18.7. The molecule has 0 saturated heterocycles. The highest BCUT2D eigenvalue weighted by Gasteiger charge is 2.08. The highest BCUT2D eigenvalue weighted by atomic mass is 35.5. The van der Waals surface area contributed by atoms with Gasteiger partial charge in [-0.05, 0) is 35.9 Å². The Hall–Kier alpha value is -2.73. The molecule has 6 nitrogen and oxygen atoms in total. The van der Waals surface area contributed by atoms with Crippen LogP contribution in [0.4, 0.5) is 5.69 Å². The van der Waals surface area contributed by atoms with Gasteiger partial charge in [-0.3, -0.25) is 4.79 Å². The van der Waals surface area contributed by atoms with E-state index in [-0.39, 0.29) is 10.8 Å². The van der Waals surface area contributed by atoms with Crippen molar-refractivity contribution >= 4 is 35.2 Å². The number of benzene rings is 1. The van der Waals surface area contributed by atoms with Gasteiger partial charge in [0.05, 0.1) is 0 Å². The van der Waals surface area contributed by atoms with Gasteiger partial charge >= 0.3 is 5.97 Å². The number of halogens is 1. The minimum absolute atomic E-state index is 0.130. The summed E-state index contributed by atoms with van der Waals surface area (Å²) in [5.74, 6) is -1.47. The number of amides is 1. The maximum atomic E-state index is 11.9. The van der Waals surface area contributed by atoms with E-state index in [1.165, 1.54) is 18.2 Å². The molecule has 0 atom stereocenters. The van der Waals surface area contributed by atoms with Gasteiger partial charge < -0.3 is 10.4 Å². The van der Waals surface area contributed by atoms with Gasteiger partial charge in [-0.25, -0.2) is 4.79 Å². The lowest BCUT2D eigenvalue weighted by atomic mass is 10.2. The monoisotopic (exact) mass is 303 g/mol. The number of hydrogen-bond acceptors (Lipinski definition) is 4. The van der Waals surface area contributed by atoms with E-state index >= 15 is 0 Å². The first-order valence-corrected chi connectivity index (χ1v) is 6.24. The molecule has 0 spiro atoms. The summed E-state index contributed by atoms with van der Waals surface area (Å²) in [4.78, 5) is 22.4. The summed E-state index contributed by atoms with van der Waals surface area (Å²) in [6.45, 7) is 0. The zero-order valence-electron chi connectivity index (χ0n) is 10.7. The number of carbonyl (C=O) groups excluding carboxylic acids is 1. The molecular formula is C14H10ClN3O3. The summed E-state index contributed by atoms with van der Waals surface area (Å²) in [7, 11) is 0. The quantitative estimate of drug-likeness (QED) is 0.847. The fourth-order valence-electron chi connectivity index (χ4n) is 1.52. The van der Waals surface area contributed by atoms with Gasteiger partial charge in [-0.15, -0.1) is 10.2 Å². The highest BCUT2D eigenvalue weighted by Crippen LogP contribution is 2.13. The standard InChI is InChI=1S/C14H10ClN3O3/c15-12-6-5-11(17-18-12)14(21)16-10-3-1-2-9(8-10)4-7-13(19)20/h1-8H,(H,16,21)(H,19,20)/b7-4+. The van der Waals surface area contributed by atoms with Crippen LogP contribution in [0.2, 0.25) is 5.15 Å². The fraction of sp³-hybridized carbons (Fsp3) is 0. The van der Waals surface area contributed by atoms with Gasteiger partial charge in [0.25, 0.3) is 5.91 Å². The van der Waals surface area contributed by atoms with Crippen molar-refractivity contribution in [3.8, 4) is 0 Å². The van der Waals surface area contributed by atoms with Crippen LogP contribution in [0.1, 0.15) is 16.1 Å². The minimum atomic E-state index is -1.04. The molecule has 0 aliphatic carbocycles. The molecule has 2 N–H and O–H groups in total. The van der Waals surface area contributed by atoms with Crippen LogP contribution in [0.15, 0.2) is 42.5 Å². The van der Waals surface area contributed by atoms with E-state index in [1.54, 1.807) is 24.3 Å². The van der Waals surface area contributed by atoms with Crippen molar-refractivity contribution in [1.29, 1.82) is 0 Å². The van der Waals surface area contributed by atoms with Crippen LogP contribution in [-0.4, -0.2) is 27.2 Å². The summed E-state index contributed by atoms with van der Waals surface area (Å²) < 4.78 is 0. The lowest BCUT2D eigenvalue weighted by Gasteiger charge is -2.05. The predicted molar refractivity (Wildman–Crippen MR) is 78.1 cm³/mol. The Morgan fingerprint density at radius 1 is 1.19 bits per heavy atom. The smallest absolute Gasteiger partial charge is 0.328 e. The number of anilines is 1. The SMILES string of the molecule is O=C(O)/C=C/c1cccc(NC(=O)c2ccc(Cl)nn2)c1. The number of nitrogens with one attached hydrogen (secondary N) is 1. The van der Waals surface area contributed by atoms with E-state index in [2.05, 4.69) is 15.5 Å². The Bertz CT molecular complexity index is 699. The number of aliphatic carboxylic acids is 1. The molecule has 2 aromatic rings. The lowest BCUT2D eigenvalue weighted by molar-refractivity contribution is -0.131. The Morgan fingerprint density at radius 3 is 2.67 bits per heavy atom. The molecule has 2 rings (SSSR count). The zero-order chi connectivity index (χ0) is 15.2. The third kappa shape index (κ3) is 4.39. The first kappa shape index (κ1) is 14.7.